The zero-order chi connectivity index (χ0) is 12.9. The fraction of sp³-hybridized carbons (Fsp3) is 0.222. The van der Waals surface area contributed by atoms with Gasteiger partial charge in [-0.05, 0) is 6.07 Å². The molecule has 0 aliphatic carbocycles. The van der Waals surface area contributed by atoms with Crippen molar-refractivity contribution in [1.29, 1.82) is 5.26 Å². The van der Waals surface area contributed by atoms with Crippen LogP contribution in [0.25, 0.3) is 0 Å². The lowest BCUT2D eigenvalue weighted by Crippen LogP contribution is -2.07. The summed E-state index contributed by atoms with van der Waals surface area (Å²) in [6, 6.07) is 6.24. The molecule has 1 aromatic carbocycles. The van der Waals surface area contributed by atoms with Crippen LogP contribution < -0.4 is 0 Å². The maximum absolute atomic E-state index is 11.5. The van der Waals surface area contributed by atoms with Crippen LogP contribution in [0.1, 0.15) is 6.42 Å². The van der Waals surface area contributed by atoms with E-state index in [0.717, 1.165) is 6.07 Å². The van der Waals surface area contributed by atoms with Crippen LogP contribution in [0.3, 0.4) is 0 Å². The van der Waals surface area contributed by atoms with Gasteiger partial charge in [0.15, 0.2) is 0 Å². The molecule has 90 valence electrons. The van der Waals surface area contributed by atoms with E-state index in [1.54, 1.807) is 6.07 Å². The summed E-state index contributed by atoms with van der Waals surface area (Å²) in [6.45, 7) is -0.276. The maximum Gasteiger partial charge on any atom is 0.297 e. The highest BCUT2D eigenvalue weighted by atomic mass is 32.2. The van der Waals surface area contributed by atoms with Gasteiger partial charge in [0.2, 0.25) is 0 Å². The lowest BCUT2D eigenvalue weighted by Gasteiger charge is -2.03. The van der Waals surface area contributed by atoms with Gasteiger partial charge in [0.1, 0.15) is 4.90 Å². The number of nitro groups is 1. The van der Waals surface area contributed by atoms with Crippen LogP contribution in [0.4, 0.5) is 5.69 Å². The molecule has 0 aliphatic heterocycles. The van der Waals surface area contributed by atoms with Gasteiger partial charge in [0, 0.05) is 12.1 Å². The van der Waals surface area contributed by atoms with Crippen LogP contribution in [0.2, 0.25) is 0 Å². The van der Waals surface area contributed by atoms with Crippen LogP contribution >= 0.6 is 0 Å². The van der Waals surface area contributed by atoms with Crippen molar-refractivity contribution in [2.24, 2.45) is 0 Å². The standard InChI is InChI=1S/C9H8N2O5S/c10-5-2-6-16-17(14,15)9-4-1-3-8(7-9)11(12)13/h1,3-4,7H,2,6H2. The molecule has 1 rings (SSSR count). The Morgan fingerprint density at radius 2 is 2.18 bits per heavy atom. The number of nitriles is 1. The average Bonchev–Trinajstić information content (AvgIpc) is 2.29. The van der Waals surface area contributed by atoms with Crippen molar-refractivity contribution in [2.45, 2.75) is 11.3 Å². The van der Waals surface area contributed by atoms with E-state index < -0.39 is 15.0 Å². The van der Waals surface area contributed by atoms with Gasteiger partial charge in [-0.1, -0.05) is 6.07 Å². The molecule has 8 heteroatoms. The van der Waals surface area contributed by atoms with Gasteiger partial charge in [-0.15, -0.1) is 0 Å². The minimum Gasteiger partial charge on any atom is -0.265 e. The monoisotopic (exact) mass is 256 g/mol. The predicted octanol–water partition coefficient (Wildman–Crippen LogP) is 1.21. The average molecular weight is 256 g/mol. The van der Waals surface area contributed by atoms with Gasteiger partial charge in [-0.2, -0.15) is 13.7 Å². The van der Waals surface area contributed by atoms with Gasteiger partial charge < -0.3 is 0 Å². The topological polar surface area (TPSA) is 110 Å². The van der Waals surface area contributed by atoms with Crippen molar-refractivity contribution in [3.8, 4) is 6.07 Å². The van der Waals surface area contributed by atoms with Crippen molar-refractivity contribution < 1.29 is 17.5 Å². The summed E-state index contributed by atoms with van der Waals surface area (Å²) in [6.07, 6.45) is -0.0752. The molecule has 0 bridgehead atoms. The van der Waals surface area contributed by atoms with E-state index in [0.29, 0.717) is 0 Å². The molecule has 0 aromatic heterocycles. The zero-order valence-electron chi connectivity index (χ0n) is 8.57. The molecular weight excluding hydrogens is 248 g/mol. The van der Waals surface area contributed by atoms with E-state index in [9.17, 15) is 18.5 Å². The van der Waals surface area contributed by atoms with Crippen molar-refractivity contribution in [1.82, 2.24) is 0 Å². The molecular formula is C9H8N2O5S. The van der Waals surface area contributed by atoms with E-state index >= 15 is 0 Å². The Bertz CT molecular complexity index is 561. The molecule has 0 saturated carbocycles. The van der Waals surface area contributed by atoms with Crippen LogP contribution in [-0.4, -0.2) is 19.9 Å². The number of hydrogen-bond donors (Lipinski definition) is 0. The molecule has 0 spiro atoms. The molecule has 0 unspecified atom stereocenters. The van der Waals surface area contributed by atoms with E-state index in [2.05, 4.69) is 4.18 Å². The van der Waals surface area contributed by atoms with E-state index in [4.69, 9.17) is 5.26 Å². The number of nitrogens with zero attached hydrogens (tertiary/aromatic N) is 2. The third-order valence-electron chi connectivity index (χ3n) is 1.77. The first-order chi connectivity index (χ1) is 7.97. The molecule has 17 heavy (non-hydrogen) atoms. The summed E-state index contributed by atoms with van der Waals surface area (Å²) >= 11 is 0. The van der Waals surface area contributed by atoms with Crippen LogP contribution in [-0.2, 0) is 14.3 Å². The highest BCUT2D eigenvalue weighted by Gasteiger charge is 2.18. The molecule has 0 N–H and O–H groups in total. The van der Waals surface area contributed by atoms with Crippen LogP contribution in [0.15, 0.2) is 29.2 Å². The molecule has 7 nitrogen and oxygen atoms in total. The Labute approximate surface area is 97.5 Å². The smallest absolute Gasteiger partial charge is 0.265 e. The first-order valence-electron chi connectivity index (χ1n) is 4.48. The number of hydrogen-bond acceptors (Lipinski definition) is 6. The second kappa shape index (κ2) is 5.38. The summed E-state index contributed by atoms with van der Waals surface area (Å²) in [4.78, 5) is 9.47. The highest BCUT2D eigenvalue weighted by molar-refractivity contribution is 7.86. The van der Waals surface area contributed by atoms with Crippen molar-refractivity contribution >= 4 is 15.8 Å². The van der Waals surface area contributed by atoms with Gasteiger partial charge in [-0.3, -0.25) is 14.3 Å². The third-order valence-corrected chi connectivity index (χ3v) is 3.08. The largest absolute Gasteiger partial charge is 0.297 e. The van der Waals surface area contributed by atoms with Crippen molar-refractivity contribution in [2.75, 3.05) is 6.61 Å². The third kappa shape index (κ3) is 3.51. The first-order valence-corrected chi connectivity index (χ1v) is 5.89. The predicted molar refractivity (Wildman–Crippen MR) is 56.5 cm³/mol. The molecule has 0 amide bonds. The Morgan fingerprint density at radius 1 is 1.47 bits per heavy atom. The summed E-state index contributed by atoms with van der Waals surface area (Å²) in [5.41, 5.74) is -0.338. The lowest BCUT2D eigenvalue weighted by atomic mass is 10.3. The molecule has 1 aromatic rings. The first kappa shape index (κ1) is 13.1. The normalized spacial score (nSPS) is 10.8. The lowest BCUT2D eigenvalue weighted by molar-refractivity contribution is -0.385. The molecule has 0 atom stereocenters. The Hall–Kier alpha value is -1.98. The van der Waals surface area contributed by atoms with E-state index in [1.807, 2.05) is 0 Å². The quantitative estimate of drug-likeness (QED) is 0.339. The maximum atomic E-state index is 11.5. The fourth-order valence-electron chi connectivity index (χ4n) is 1.02. The van der Waals surface area contributed by atoms with Gasteiger partial charge in [0.25, 0.3) is 15.8 Å². The second-order valence-corrected chi connectivity index (χ2v) is 4.55. The van der Waals surface area contributed by atoms with Crippen LogP contribution in [0, 0.1) is 21.4 Å². The zero-order valence-corrected chi connectivity index (χ0v) is 9.38. The number of non-ortho nitro benzene ring substituents is 1. The number of benzene rings is 1. The van der Waals surface area contributed by atoms with Crippen molar-refractivity contribution in [3.05, 3.63) is 34.4 Å². The second-order valence-electron chi connectivity index (χ2n) is 2.94. The molecule has 0 radical (unpaired) electrons. The molecule has 0 fully saturated rings. The van der Waals surface area contributed by atoms with Gasteiger partial charge >= 0.3 is 0 Å². The van der Waals surface area contributed by atoms with Gasteiger partial charge in [-0.25, -0.2) is 0 Å². The number of nitro benzene ring substituents is 1. The summed E-state index contributed by atoms with van der Waals surface area (Å²) in [7, 11) is -4.04. The highest BCUT2D eigenvalue weighted by Crippen LogP contribution is 2.19. The van der Waals surface area contributed by atoms with E-state index in [1.165, 1.54) is 18.2 Å². The Kier molecular flexibility index (Phi) is 4.14. The number of rotatable bonds is 5. The minimum atomic E-state index is -4.04. The SMILES string of the molecule is N#CCCOS(=O)(=O)c1cccc([N+](=O)[O-])c1. The minimum absolute atomic E-state index is 0.0752. The molecule has 0 aliphatic rings. The Balaban J connectivity index is 2.96. The van der Waals surface area contributed by atoms with Crippen molar-refractivity contribution in [3.63, 3.8) is 0 Å². The molecule has 0 saturated heterocycles. The summed E-state index contributed by atoms with van der Waals surface area (Å²) < 4.78 is 27.6. The van der Waals surface area contributed by atoms with E-state index in [-0.39, 0.29) is 23.6 Å². The summed E-state index contributed by atoms with van der Waals surface area (Å²) in [5.74, 6) is 0. The molecule has 0 heterocycles. The summed E-state index contributed by atoms with van der Waals surface area (Å²) in [5, 5.41) is 18.7. The van der Waals surface area contributed by atoms with Crippen LogP contribution in [0.5, 0.6) is 0 Å². The Morgan fingerprint density at radius 3 is 2.76 bits per heavy atom. The van der Waals surface area contributed by atoms with Gasteiger partial charge in [0.05, 0.1) is 24.0 Å². The fourth-order valence-corrected chi connectivity index (χ4v) is 1.97.